The molecule has 5 aromatic rings. The first-order valence-corrected chi connectivity index (χ1v) is 19.2. The van der Waals surface area contributed by atoms with Crippen molar-refractivity contribution in [3.8, 4) is 34.4 Å². The summed E-state index contributed by atoms with van der Waals surface area (Å²) in [4.78, 5) is 61.0. The van der Waals surface area contributed by atoms with Gasteiger partial charge in [0.1, 0.15) is 23.7 Å². The molecule has 0 spiro atoms. The van der Waals surface area contributed by atoms with Crippen molar-refractivity contribution in [2.24, 2.45) is 0 Å². The van der Waals surface area contributed by atoms with Crippen molar-refractivity contribution < 1.29 is 19.1 Å². The van der Waals surface area contributed by atoms with E-state index in [9.17, 15) is 14.4 Å². The Balaban J connectivity index is 0.976. The van der Waals surface area contributed by atoms with E-state index in [2.05, 4.69) is 32.1 Å². The first-order chi connectivity index (χ1) is 27.2. The smallest absolute Gasteiger partial charge is 0.407 e. The Kier molecular flexibility index (Phi) is 11.6. The number of hydrogen-bond donors (Lipinski definition) is 3. The highest BCUT2D eigenvalue weighted by Crippen LogP contribution is 2.35. The SMILES string of the molecule is CC[C@H](NC(=O)OC)C(=O)N1CCC[C@H]1c1ncc(-c2ccc(C#Cc3ccc(-c4cnc([C@@H]5CCCN5C(=O)[C@@H](c5ccccc5)N(C)C)[nH]4)cc3)cc2)[nH]1. The largest absolute Gasteiger partial charge is 0.453 e. The molecule has 0 aliphatic carbocycles. The van der Waals surface area contributed by atoms with E-state index in [4.69, 9.17) is 9.72 Å². The number of carbonyl (C=O) groups excluding carboxylic acids is 3. The van der Waals surface area contributed by atoms with Crippen LogP contribution in [0.15, 0.2) is 91.3 Å². The van der Waals surface area contributed by atoms with E-state index in [1.807, 2.05) is 116 Å². The second-order valence-electron chi connectivity index (χ2n) is 14.5. The second-order valence-corrected chi connectivity index (χ2v) is 14.5. The van der Waals surface area contributed by atoms with Gasteiger partial charge in [-0.25, -0.2) is 14.8 Å². The van der Waals surface area contributed by atoms with Crippen LogP contribution in [0.5, 0.6) is 0 Å². The lowest BCUT2D eigenvalue weighted by Crippen LogP contribution is -2.48. The van der Waals surface area contributed by atoms with Crippen LogP contribution in [0.3, 0.4) is 0 Å². The molecule has 4 heterocycles. The quantitative estimate of drug-likeness (QED) is 0.136. The standard InChI is InChI=1S/C44H48N8O4/c1-5-34(49-44(55)56-4)42(53)51-25-9-13-37(51)40-45-27-35(47-40)31-21-17-29(18-22-31)15-16-30-19-23-32(24-20-30)36-28-46-41(48-36)38-14-10-26-52(38)43(54)39(50(2)3)33-11-7-6-8-12-33/h6-8,11-12,17-24,27-28,34,37-39H,5,9-10,13-14,25-26H2,1-4H3,(H,45,47)(H,46,48)(H,49,55)/t34-,37-,38-,39+/m0/s1. The number of benzene rings is 3. The van der Waals surface area contributed by atoms with Gasteiger partial charge in [0.05, 0.1) is 43.0 Å². The van der Waals surface area contributed by atoms with Crippen molar-refractivity contribution in [2.75, 3.05) is 34.3 Å². The molecule has 2 fully saturated rings. The van der Waals surface area contributed by atoms with E-state index in [-0.39, 0.29) is 29.9 Å². The predicted molar refractivity (Wildman–Crippen MR) is 214 cm³/mol. The Morgan fingerprint density at radius 1 is 0.786 bits per heavy atom. The number of aromatic nitrogens is 4. The van der Waals surface area contributed by atoms with Crippen LogP contribution >= 0.6 is 0 Å². The van der Waals surface area contributed by atoms with Crippen LogP contribution in [0.4, 0.5) is 4.79 Å². The van der Waals surface area contributed by atoms with Crippen LogP contribution in [0.25, 0.3) is 22.5 Å². The Morgan fingerprint density at radius 3 is 1.75 bits per heavy atom. The van der Waals surface area contributed by atoms with Crippen LogP contribution in [-0.4, -0.2) is 92.9 Å². The molecular formula is C44H48N8O4. The third-order valence-corrected chi connectivity index (χ3v) is 10.7. The lowest BCUT2D eigenvalue weighted by Gasteiger charge is -2.31. The summed E-state index contributed by atoms with van der Waals surface area (Å²) >= 11 is 0. The van der Waals surface area contributed by atoms with Crippen molar-refractivity contribution >= 4 is 17.9 Å². The number of rotatable bonds is 10. The zero-order valence-corrected chi connectivity index (χ0v) is 32.3. The summed E-state index contributed by atoms with van der Waals surface area (Å²) in [6.45, 7) is 3.17. The fraction of sp³-hybridized carbons (Fsp3) is 0.341. The van der Waals surface area contributed by atoms with Gasteiger partial charge in [0.15, 0.2) is 0 Å². The molecule has 0 radical (unpaired) electrons. The summed E-state index contributed by atoms with van der Waals surface area (Å²) in [5, 5.41) is 2.64. The summed E-state index contributed by atoms with van der Waals surface area (Å²) in [5.74, 6) is 8.03. The maximum Gasteiger partial charge on any atom is 0.407 e. The van der Waals surface area contributed by atoms with Crippen molar-refractivity contribution in [1.82, 2.24) is 40.0 Å². The number of nitrogens with zero attached hydrogens (tertiary/aromatic N) is 5. The van der Waals surface area contributed by atoms with Crippen molar-refractivity contribution in [1.29, 1.82) is 0 Å². The molecule has 3 amide bonds. The molecule has 2 aromatic heterocycles. The molecule has 288 valence electrons. The number of hydrogen-bond acceptors (Lipinski definition) is 7. The molecule has 3 N–H and O–H groups in total. The van der Waals surface area contributed by atoms with Crippen molar-refractivity contribution in [2.45, 2.75) is 63.2 Å². The Bertz CT molecular complexity index is 2200. The van der Waals surface area contributed by atoms with Crippen LogP contribution in [0.2, 0.25) is 0 Å². The molecule has 2 aliphatic heterocycles. The van der Waals surface area contributed by atoms with Crippen LogP contribution < -0.4 is 5.32 Å². The lowest BCUT2D eigenvalue weighted by molar-refractivity contribution is -0.137. The highest BCUT2D eigenvalue weighted by atomic mass is 16.5. The Morgan fingerprint density at radius 2 is 1.29 bits per heavy atom. The van der Waals surface area contributed by atoms with Gasteiger partial charge in [-0.3, -0.25) is 14.5 Å². The van der Waals surface area contributed by atoms with Crippen LogP contribution in [-0.2, 0) is 14.3 Å². The minimum absolute atomic E-state index is 0.0915. The summed E-state index contributed by atoms with van der Waals surface area (Å²) in [6.07, 6.45) is 6.94. The Labute approximate surface area is 327 Å². The predicted octanol–water partition coefficient (Wildman–Crippen LogP) is 6.63. The average molecular weight is 753 g/mol. The molecule has 12 nitrogen and oxygen atoms in total. The van der Waals surface area contributed by atoms with E-state index in [0.717, 1.165) is 76.5 Å². The Hall–Kier alpha value is -6.19. The highest BCUT2D eigenvalue weighted by Gasteiger charge is 2.38. The topological polar surface area (TPSA) is 140 Å². The normalized spacial score (nSPS) is 17.7. The number of likely N-dealkylation sites (tertiary alicyclic amines) is 2. The zero-order chi connectivity index (χ0) is 39.2. The highest BCUT2D eigenvalue weighted by molar-refractivity contribution is 5.86. The van der Waals surface area contributed by atoms with Gasteiger partial charge in [0.25, 0.3) is 0 Å². The third-order valence-electron chi connectivity index (χ3n) is 10.7. The number of carbonyl (C=O) groups is 3. The molecule has 0 bridgehead atoms. The monoisotopic (exact) mass is 752 g/mol. The number of alkyl carbamates (subject to hydrolysis) is 1. The number of amides is 3. The number of aromatic amines is 2. The summed E-state index contributed by atoms with van der Waals surface area (Å²) in [7, 11) is 5.18. The zero-order valence-electron chi connectivity index (χ0n) is 32.3. The molecule has 3 aromatic carbocycles. The van der Waals surface area contributed by atoms with Gasteiger partial charge in [-0.05, 0) is 87.2 Å². The molecule has 0 saturated carbocycles. The summed E-state index contributed by atoms with van der Waals surface area (Å²) in [5.41, 5.74) is 6.47. The maximum absolute atomic E-state index is 13.9. The first kappa shape index (κ1) is 38.1. The number of imidazole rings is 2. The van der Waals surface area contributed by atoms with Crippen LogP contribution in [0, 0.1) is 11.8 Å². The maximum atomic E-state index is 13.9. The van der Waals surface area contributed by atoms with E-state index in [0.29, 0.717) is 19.5 Å². The summed E-state index contributed by atoms with van der Waals surface area (Å²) in [6, 6.07) is 24.7. The van der Waals surface area contributed by atoms with Crippen LogP contribution in [0.1, 0.15) is 85.5 Å². The summed E-state index contributed by atoms with van der Waals surface area (Å²) < 4.78 is 4.70. The molecule has 56 heavy (non-hydrogen) atoms. The number of ether oxygens (including phenoxy) is 1. The lowest BCUT2D eigenvalue weighted by atomic mass is 10.0. The van der Waals surface area contributed by atoms with E-state index >= 15 is 0 Å². The van der Waals surface area contributed by atoms with Gasteiger partial charge in [-0.15, -0.1) is 0 Å². The van der Waals surface area contributed by atoms with E-state index in [1.165, 1.54) is 7.11 Å². The fourth-order valence-corrected chi connectivity index (χ4v) is 7.74. The fourth-order valence-electron chi connectivity index (χ4n) is 7.74. The molecule has 4 atom stereocenters. The van der Waals surface area contributed by atoms with E-state index in [1.54, 1.807) is 11.1 Å². The average Bonchev–Trinajstić information content (AvgIpc) is 4.07. The number of nitrogens with one attached hydrogen (secondary N) is 3. The van der Waals surface area contributed by atoms with Gasteiger partial charge in [0.2, 0.25) is 11.8 Å². The molecule has 7 rings (SSSR count). The van der Waals surface area contributed by atoms with E-state index < -0.39 is 12.1 Å². The van der Waals surface area contributed by atoms with Crippen molar-refractivity contribution in [3.05, 3.63) is 120 Å². The molecule has 0 unspecified atom stereocenters. The van der Waals surface area contributed by atoms with Gasteiger partial charge in [-0.1, -0.05) is 73.4 Å². The second kappa shape index (κ2) is 17.1. The van der Waals surface area contributed by atoms with Gasteiger partial charge in [-0.2, -0.15) is 0 Å². The van der Waals surface area contributed by atoms with Gasteiger partial charge in [0, 0.05) is 24.2 Å². The van der Waals surface area contributed by atoms with Gasteiger partial charge >= 0.3 is 6.09 Å². The third kappa shape index (κ3) is 8.23. The van der Waals surface area contributed by atoms with Gasteiger partial charge < -0.3 is 29.8 Å². The first-order valence-electron chi connectivity index (χ1n) is 19.2. The molecular weight excluding hydrogens is 705 g/mol. The molecule has 2 saturated heterocycles. The number of H-pyrrole nitrogens is 2. The minimum Gasteiger partial charge on any atom is -0.453 e. The molecule has 12 heteroatoms. The number of likely N-dealkylation sites (N-methyl/N-ethyl adjacent to an activating group) is 1. The van der Waals surface area contributed by atoms with Crippen molar-refractivity contribution in [3.63, 3.8) is 0 Å². The molecule has 2 aliphatic rings. The minimum atomic E-state index is -0.649. The number of methoxy groups -OCH3 is 1.